The van der Waals surface area contributed by atoms with Crippen LogP contribution in [-0.2, 0) is 0 Å². The van der Waals surface area contributed by atoms with Crippen LogP contribution in [-0.4, -0.2) is 15.9 Å². The molecular weight excluding hydrogens is 262 g/mol. The molecule has 4 nitrogen and oxygen atoms in total. The van der Waals surface area contributed by atoms with E-state index in [0.717, 1.165) is 16.8 Å². The minimum atomic E-state index is -0.199. The molecule has 3 rings (SSSR count). The number of aryl methyl sites for hydroxylation is 1. The number of aromatic nitrogens is 2. The molecule has 0 fully saturated rings. The number of nitrogens with one attached hydrogen (secondary N) is 2. The topological polar surface area (TPSA) is 57.8 Å². The van der Waals surface area contributed by atoms with E-state index in [-0.39, 0.29) is 5.91 Å². The SMILES string of the molecule is Cc1ccc(NC(=O)c2cnc[nH]2)cc1-c1ccccc1. The third-order valence-corrected chi connectivity index (χ3v) is 3.32. The first kappa shape index (κ1) is 13.1. The average molecular weight is 277 g/mol. The first-order valence-electron chi connectivity index (χ1n) is 6.70. The number of nitrogens with zero attached hydrogens (tertiary/aromatic N) is 1. The fourth-order valence-corrected chi connectivity index (χ4v) is 2.21. The van der Waals surface area contributed by atoms with Crippen molar-refractivity contribution in [3.05, 3.63) is 72.3 Å². The van der Waals surface area contributed by atoms with Crippen LogP contribution in [0.25, 0.3) is 11.1 Å². The minimum Gasteiger partial charge on any atom is -0.341 e. The minimum absolute atomic E-state index is 0.199. The predicted molar refractivity (Wildman–Crippen MR) is 83.2 cm³/mol. The third-order valence-electron chi connectivity index (χ3n) is 3.32. The molecular formula is C17H15N3O. The van der Waals surface area contributed by atoms with Gasteiger partial charge in [0, 0.05) is 5.69 Å². The van der Waals surface area contributed by atoms with Gasteiger partial charge in [-0.25, -0.2) is 4.98 Å². The van der Waals surface area contributed by atoms with Crippen molar-refractivity contribution in [1.82, 2.24) is 9.97 Å². The maximum absolute atomic E-state index is 12.0. The highest BCUT2D eigenvalue weighted by Gasteiger charge is 2.09. The summed E-state index contributed by atoms with van der Waals surface area (Å²) in [5.41, 5.74) is 4.61. The lowest BCUT2D eigenvalue weighted by molar-refractivity contribution is 0.102. The quantitative estimate of drug-likeness (QED) is 0.768. The van der Waals surface area contributed by atoms with Crippen molar-refractivity contribution in [2.75, 3.05) is 5.32 Å². The number of hydrogen-bond acceptors (Lipinski definition) is 2. The lowest BCUT2D eigenvalue weighted by Crippen LogP contribution is -2.12. The van der Waals surface area contributed by atoms with Crippen LogP contribution in [0.1, 0.15) is 16.1 Å². The Bertz CT molecular complexity index is 749. The van der Waals surface area contributed by atoms with Gasteiger partial charge in [0.1, 0.15) is 5.69 Å². The van der Waals surface area contributed by atoms with E-state index in [1.807, 2.05) is 36.4 Å². The molecule has 0 aliphatic heterocycles. The van der Waals surface area contributed by atoms with Crippen LogP contribution >= 0.6 is 0 Å². The highest BCUT2D eigenvalue weighted by molar-refractivity contribution is 6.03. The second-order valence-electron chi connectivity index (χ2n) is 4.82. The van der Waals surface area contributed by atoms with Gasteiger partial charge in [-0.2, -0.15) is 0 Å². The van der Waals surface area contributed by atoms with Crippen molar-refractivity contribution in [2.24, 2.45) is 0 Å². The molecule has 1 amide bonds. The summed E-state index contributed by atoms with van der Waals surface area (Å²) in [6.07, 6.45) is 2.99. The summed E-state index contributed by atoms with van der Waals surface area (Å²) in [4.78, 5) is 18.7. The monoisotopic (exact) mass is 277 g/mol. The normalized spacial score (nSPS) is 10.3. The van der Waals surface area contributed by atoms with E-state index in [1.54, 1.807) is 0 Å². The number of H-pyrrole nitrogens is 1. The lowest BCUT2D eigenvalue weighted by atomic mass is 10.00. The zero-order chi connectivity index (χ0) is 14.7. The van der Waals surface area contributed by atoms with Gasteiger partial charge in [0.15, 0.2) is 0 Å². The Morgan fingerprint density at radius 2 is 1.95 bits per heavy atom. The summed E-state index contributed by atoms with van der Waals surface area (Å²) in [5, 5.41) is 2.87. The number of amides is 1. The van der Waals surface area contributed by atoms with E-state index in [2.05, 4.69) is 34.3 Å². The molecule has 0 atom stereocenters. The second kappa shape index (κ2) is 5.63. The van der Waals surface area contributed by atoms with Gasteiger partial charge in [-0.1, -0.05) is 36.4 Å². The number of imidazole rings is 1. The van der Waals surface area contributed by atoms with Crippen molar-refractivity contribution in [3.63, 3.8) is 0 Å². The first-order valence-corrected chi connectivity index (χ1v) is 6.70. The van der Waals surface area contributed by atoms with Gasteiger partial charge in [0.2, 0.25) is 0 Å². The van der Waals surface area contributed by atoms with Gasteiger partial charge < -0.3 is 10.3 Å². The van der Waals surface area contributed by atoms with Crippen LogP contribution in [0.3, 0.4) is 0 Å². The van der Waals surface area contributed by atoms with Gasteiger partial charge in [0.05, 0.1) is 12.5 Å². The van der Waals surface area contributed by atoms with E-state index in [9.17, 15) is 4.79 Å². The summed E-state index contributed by atoms with van der Waals surface area (Å²) in [6, 6.07) is 16.0. The van der Waals surface area contributed by atoms with Crippen molar-refractivity contribution < 1.29 is 4.79 Å². The standard InChI is InChI=1S/C17H15N3O/c1-12-7-8-14(20-17(21)16-10-18-11-19-16)9-15(12)13-5-3-2-4-6-13/h2-11H,1H3,(H,18,19)(H,20,21). The van der Waals surface area contributed by atoms with Gasteiger partial charge in [0.25, 0.3) is 5.91 Å². The Labute approximate surface area is 122 Å². The number of benzene rings is 2. The second-order valence-corrected chi connectivity index (χ2v) is 4.82. The average Bonchev–Trinajstić information content (AvgIpc) is 3.04. The smallest absolute Gasteiger partial charge is 0.273 e. The zero-order valence-electron chi connectivity index (χ0n) is 11.6. The summed E-state index contributed by atoms with van der Waals surface area (Å²) < 4.78 is 0. The fraction of sp³-hybridized carbons (Fsp3) is 0.0588. The maximum atomic E-state index is 12.0. The van der Waals surface area contributed by atoms with Crippen LogP contribution in [0, 0.1) is 6.92 Å². The number of anilines is 1. The number of hydrogen-bond donors (Lipinski definition) is 2. The summed E-state index contributed by atoms with van der Waals surface area (Å²) in [6.45, 7) is 2.06. The summed E-state index contributed by atoms with van der Waals surface area (Å²) in [7, 11) is 0. The molecule has 2 aromatic carbocycles. The van der Waals surface area contributed by atoms with E-state index in [0.29, 0.717) is 5.69 Å². The van der Waals surface area contributed by atoms with E-state index in [1.165, 1.54) is 18.1 Å². The van der Waals surface area contributed by atoms with Crippen molar-refractivity contribution >= 4 is 11.6 Å². The Kier molecular flexibility index (Phi) is 3.51. The number of aromatic amines is 1. The molecule has 0 saturated carbocycles. The number of carbonyl (C=O) groups is 1. The molecule has 0 unspecified atom stereocenters. The van der Waals surface area contributed by atoms with Gasteiger partial charge in [-0.15, -0.1) is 0 Å². The highest BCUT2D eigenvalue weighted by atomic mass is 16.1. The molecule has 0 aliphatic rings. The molecule has 0 aliphatic carbocycles. The molecule has 3 aromatic rings. The molecule has 0 saturated heterocycles. The predicted octanol–water partition coefficient (Wildman–Crippen LogP) is 3.64. The summed E-state index contributed by atoms with van der Waals surface area (Å²) >= 11 is 0. The molecule has 21 heavy (non-hydrogen) atoms. The molecule has 1 heterocycles. The molecule has 2 N–H and O–H groups in total. The van der Waals surface area contributed by atoms with Crippen LogP contribution < -0.4 is 5.32 Å². The van der Waals surface area contributed by atoms with Crippen LogP contribution in [0.5, 0.6) is 0 Å². The van der Waals surface area contributed by atoms with Gasteiger partial charge in [-0.3, -0.25) is 4.79 Å². The molecule has 0 radical (unpaired) electrons. The fourth-order valence-electron chi connectivity index (χ4n) is 2.21. The molecule has 1 aromatic heterocycles. The van der Waals surface area contributed by atoms with Crippen LogP contribution in [0.4, 0.5) is 5.69 Å². The van der Waals surface area contributed by atoms with Crippen LogP contribution in [0.2, 0.25) is 0 Å². The largest absolute Gasteiger partial charge is 0.341 e. The Morgan fingerprint density at radius 1 is 1.14 bits per heavy atom. The first-order chi connectivity index (χ1) is 10.2. The Morgan fingerprint density at radius 3 is 2.67 bits per heavy atom. The number of rotatable bonds is 3. The van der Waals surface area contributed by atoms with Gasteiger partial charge >= 0.3 is 0 Å². The Hall–Kier alpha value is -2.88. The molecule has 4 heteroatoms. The van der Waals surface area contributed by atoms with Crippen molar-refractivity contribution in [2.45, 2.75) is 6.92 Å². The number of carbonyl (C=O) groups excluding carboxylic acids is 1. The third kappa shape index (κ3) is 2.84. The van der Waals surface area contributed by atoms with Gasteiger partial charge in [-0.05, 0) is 35.7 Å². The lowest BCUT2D eigenvalue weighted by Gasteiger charge is -2.10. The maximum Gasteiger partial charge on any atom is 0.273 e. The van der Waals surface area contributed by atoms with Crippen LogP contribution in [0.15, 0.2) is 61.1 Å². The highest BCUT2D eigenvalue weighted by Crippen LogP contribution is 2.26. The molecule has 0 spiro atoms. The zero-order valence-corrected chi connectivity index (χ0v) is 11.6. The van der Waals surface area contributed by atoms with Crippen molar-refractivity contribution in [3.8, 4) is 11.1 Å². The van der Waals surface area contributed by atoms with E-state index < -0.39 is 0 Å². The van der Waals surface area contributed by atoms with Crippen molar-refractivity contribution in [1.29, 1.82) is 0 Å². The summed E-state index contributed by atoms with van der Waals surface area (Å²) in [5.74, 6) is -0.199. The van der Waals surface area contributed by atoms with E-state index in [4.69, 9.17) is 0 Å². The molecule has 0 bridgehead atoms. The Balaban J connectivity index is 1.90. The molecule has 104 valence electrons. The van der Waals surface area contributed by atoms with E-state index >= 15 is 0 Å².